The van der Waals surface area contributed by atoms with Gasteiger partial charge in [0.1, 0.15) is 5.76 Å². The van der Waals surface area contributed by atoms with E-state index in [-0.39, 0.29) is 11.9 Å². The van der Waals surface area contributed by atoms with E-state index in [9.17, 15) is 4.39 Å². The van der Waals surface area contributed by atoms with Crippen molar-refractivity contribution in [1.29, 1.82) is 0 Å². The van der Waals surface area contributed by atoms with Crippen LogP contribution < -0.4 is 0 Å². The molecule has 1 rings (SSSR count). The summed E-state index contributed by atoms with van der Waals surface area (Å²) < 4.78 is 17.0. The summed E-state index contributed by atoms with van der Waals surface area (Å²) in [4.78, 5) is 0. The van der Waals surface area contributed by atoms with Gasteiger partial charge in [-0.2, -0.15) is 0 Å². The molecule has 0 radical (unpaired) electrons. The zero-order valence-corrected chi connectivity index (χ0v) is 5.19. The second-order valence-corrected chi connectivity index (χ2v) is 2.15. The van der Waals surface area contributed by atoms with Crippen molar-refractivity contribution in [1.82, 2.24) is 0 Å². The van der Waals surface area contributed by atoms with Crippen LogP contribution in [0.15, 0.2) is 24.7 Å². The molecule has 0 aliphatic heterocycles. The van der Waals surface area contributed by atoms with E-state index in [0.29, 0.717) is 0 Å². The molecule has 0 N–H and O–H groups in total. The Balaban J connectivity index is 2.25. The Labute approximate surface area is 53.8 Å². The predicted octanol–water partition coefficient (Wildman–Crippen LogP) is 2.16. The molecular formula is C7H9FO. The fourth-order valence-electron chi connectivity index (χ4n) is 0.451. The molecule has 0 heterocycles. The van der Waals surface area contributed by atoms with Gasteiger partial charge in [-0.1, -0.05) is 13.2 Å². The minimum absolute atomic E-state index is 0.0810. The monoisotopic (exact) mass is 128 g/mol. The highest BCUT2D eigenvalue weighted by Gasteiger charge is 2.24. The van der Waals surface area contributed by atoms with Crippen LogP contribution in [0.1, 0.15) is 12.8 Å². The molecule has 0 saturated heterocycles. The molecule has 0 atom stereocenters. The van der Waals surface area contributed by atoms with Crippen LogP contribution >= 0.6 is 0 Å². The van der Waals surface area contributed by atoms with Gasteiger partial charge in [0.2, 0.25) is 0 Å². The van der Waals surface area contributed by atoms with Crippen LogP contribution in [-0.4, -0.2) is 6.10 Å². The molecule has 0 aromatic heterocycles. The molecule has 0 aromatic rings. The maximum Gasteiger partial charge on any atom is 0.157 e. The second kappa shape index (κ2) is 2.21. The smallest absolute Gasteiger partial charge is 0.157 e. The summed E-state index contributed by atoms with van der Waals surface area (Å²) in [6.45, 7) is 6.38. The Kier molecular flexibility index (Phi) is 1.56. The third kappa shape index (κ3) is 1.88. The molecule has 0 amide bonds. The molecule has 2 heteroatoms. The first-order chi connectivity index (χ1) is 4.20. The lowest BCUT2D eigenvalue weighted by molar-refractivity contribution is 0.195. The number of hydrogen-bond acceptors (Lipinski definition) is 1. The van der Waals surface area contributed by atoms with Gasteiger partial charge in [-0.25, -0.2) is 4.39 Å². The Bertz CT molecular complexity index is 147. The number of hydrogen-bond donors (Lipinski definition) is 0. The molecule has 1 nitrogen and oxygen atoms in total. The molecule has 0 unspecified atom stereocenters. The third-order valence-corrected chi connectivity index (χ3v) is 1.14. The summed E-state index contributed by atoms with van der Waals surface area (Å²) in [7, 11) is 0. The van der Waals surface area contributed by atoms with E-state index in [1.165, 1.54) is 0 Å². The van der Waals surface area contributed by atoms with Crippen molar-refractivity contribution >= 4 is 0 Å². The predicted molar refractivity (Wildman–Crippen MR) is 33.5 cm³/mol. The largest absolute Gasteiger partial charge is 0.488 e. The highest BCUT2D eigenvalue weighted by atomic mass is 19.1. The first-order valence-electron chi connectivity index (χ1n) is 2.90. The standard InChI is InChI=1S/C7H9FO/c1-5(8)6(2)9-7-3-4-7/h7H,1-4H2. The van der Waals surface area contributed by atoms with Crippen molar-refractivity contribution in [2.45, 2.75) is 18.9 Å². The maximum absolute atomic E-state index is 12.1. The van der Waals surface area contributed by atoms with Gasteiger partial charge in [0, 0.05) is 0 Å². The van der Waals surface area contributed by atoms with Crippen LogP contribution in [0, 0.1) is 0 Å². The minimum Gasteiger partial charge on any atom is -0.488 e. The molecule has 50 valence electrons. The van der Waals surface area contributed by atoms with E-state index in [4.69, 9.17) is 4.74 Å². The molecule has 0 bridgehead atoms. The van der Waals surface area contributed by atoms with Gasteiger partial charge >= 0.3 is 0 Å². The van der Waals surface area contributed by atoms with Crippen LogP contribution in [0.4, 0.5) is 4.39 Å². The third-order valence-electron chi connectivity index (χ3n) is 1.14. The average Bonchev–Trinajstić information content (AvgIpc) is 2.50. The fraction of sp³-hybridized carbons (Fsp3) is 0.429. The quantitative estimate of drug-likeness (QED) is 0.418. The summed E-state index contributed by atoms with van der Waals surface area (Å²) in [6, 6.07) is 0. The molecule has 1 saturated carbocycles. The van der Waals surface area contributed by atoms with Crippen LogP contribution in [0.5, 0.6) is 0 Å². The maximum atomic E-state index is 12.1. The van der Waals surface area contributed by atoms with E-state index in [1.807, 2.05) is 0 Å². The Morgan fingerprint density at radius 1 is 1.44 bits per heavy atom. The molecule has 1 aliphatic carbocycles. The molecule has 1 fully saturated rings. The summed E-state index contributed by atoms with van der Waals surface area (Å²) in [5.41, 5.74) is 0. The summed E-state index contributed by atoms with van der Waals surface area (Å²) >= 11 is 0. The second-order valence-electron chi connectivity index (χ2n) is 2.15. The van der Waals surface area contributed by atoms with Gasteiger partial charge in [0.25, 0.3) is 0 Å². The number of allylic oxidation sites excluding steroid dienone is 1. The first kappa shape index (κ1) is 6.33. The van der Waals surface area contributed by atoms with Gasteiger partial charge in [-0.15, -0.1) is 0 Å². The molecular weight excluding hydrogens is 119 g/mol. The van der Waals surface area contributed by atoms with E-state index in [0.717, 1.165) is 12.8 Å². The van der Waals surface area contributed by atoms with Crippen molar-refractivity contribution in [2.75, 3.05) is 0 Å². The van der Waals surface area contributed by atoms with Gasteiger partial charge < -0.3 is 4.74 Å². The highest BCUT2D eigenvalue weighted by Crippen LogP contribution is 2.27. The van der Waals surface area contributed by atoms with Crippen molar-refractivity contribution in [3.05, 3.63) is 24.7 Å². The Morgan fingerprint density at radius 3 is 2.33 bits per heavy atom. The topological polar surface area (TPSA) is 9.23 Å². The van der Waals surface area contributed by atoms with Crippen molar-refractivity contribution in [3.63, 3.8) is 0 Å². The van der Waals surface area contributed by atoms with E-state index in [2.05, 4.69) is 13.2 Å². The molecule has 9 heavy (non-hydrogen) atoms. The minimum atomic E-state index is -0.568. The lowest BCUT2D eigenvalue weighted by atomic mass is 10.5. The average molecular weight is 128 g/mol. The number of ether oxygens (including phenoxy) is 1. The van der Waals surface area contributed by atoms with Crippen molar-refractivity contribution in [2.24, 2.45) is 0 Å². The van der Waals surface area contributed by atoms with Crippen molar-refractivity contribution in [3.8, 4) is 0 Å². The summed E-state index contributed by atoms with van der Waals surface area (Å²) in [5.74, 6) is -0.487. The van der Waals surface area contributed by atoms with Crippen LogP contribution in [0.25, 0.3) is 0 Å². The summed E-state index contributed by atoms with van der Waals surface area (Å²) in [6.07, 6.45) is 2.25. The van der Waals surface area contributed by atoms with Crippen LogP contribution in [0.3, 0.4) is 0 Å². The molecule has 0 spiro atoms. The van der Waals surface area contributed by atoms with Crippen molar-refractivity contribution < 1.29 is 9.13 Å². The Morgan fingerprint density at radius 2 is 2.00 bits per heavy atom. The van der Waals surface area contributed by atoms with E-state index >= 15 is 0 Å². The van der Waals surface area contributed by atoms with Gasteiger partial charge in [-0.3, -0.25) is 0 Å². The first-order valence-corrected chi connectivity index (χ1v) is 2.90. The zero-order chi connectivity index (χ0) is 6.85. The van der Waals surface area contributed by atoms with Gasteiger partial charge in [0.05, 0.1) is 6.10 Å². The number of halogens is 1. The zero-order valence-electron chi connectivity index (χ0n) is 5.19. The van der Waals surface area contributed by atoms with Crippen LogP contribution in [-0.2, 0) is 4.74 Å². The number of rotatable bonds is 3. The van der Waals surface area contributed by atoms with Crippen LogP contribution in [0.2, 0.25) is 0 Å². The fourth-order valence-corrected chi connectivity index (χ4v) is 0.451. The van der Waals surface area contributed by atoms with E-state index < -0.39 is 5.83 Å². The highest BCUT2D eigenvalue weighted by molar-refractivity contribution is 5.11. The Hall–Kier alpha value is -0.790. The van der Waals surface area contributed by atoms with E-state index in [1.54, 1.807) is 0 Å². The lowest BCUT2D eigenvalue weighted by Crippen LogP contribution is -1.91. The lowest BCUT2D eigenvalue weighted by Gasteiger charge is -2.02. The molecule has 1 aliphatic rings. The molecule has 0 aromatic carbocycles. The SMILES string of the molecule is C=C(F)C(=C)OC1CC1. The summed E-state index contributed by atoms with van der Waals surface area (Å²) in [5, 5.41) is 0. The van der Waals surface area contributed by atoms with Gasteiger partial charge in [-0.05, 0) is 12.8 Å². The normalized spacial score (nSPS) is 17.0. The van der Waals surface area contributed by atoms with Gasteiger partial charge in [0.15, 0.2) is 5.83 Å².